The summed E-state index contributed by atoms with van der Waals surface area (Å²) in [5.74, 6) is 0. The number of benzene rings is 1. The Labute approximate surface area is 135 Å². The van der Waals surface area contributed by atoms with E-state index >= 15 is 0 Å². The summed E-state index contributed by atoms with van der Waals surface area (Å²) in [6.45, 7) is 1.83. The Hall–Kier alpha value is -1.91. The smallest absolute Gasteiger partial charge is 0.292 e. The maximum absolute atomic E-state index is 12.1. The van der Waals surface area contributed by atoms with Crippen LogP contribution in [0.4, 0.5) is 17.1 Å². The van der Waals surface area contributed by atoms with Crippen molar-refractivity contribution in [3.63, 3.8) is 0 Å². The lowest BCUT2D eigenvalue weighted by atomic mass is 10.2. The normalized spacial score (nSPS) is 16.6. The molecule has 23 heavy (non-hydrogen) atoms. The van der Waals surface area contributed by atoms with Crippen molar-refractivity contribution in [3.05, 3.63) is 28.3 Å². The van der Waals surface area contributed by atoms with Gasteiger partial charge in [0.2, 0.25) is 0 Å². The molecule has 0 aliphatic carbocycles. The molecule has 1 aliphatic heterocycles. The molecule has 1 aromatic rings. The van der Waals surface area contributed by atoms with Crippen molar-refractivity contribution in [3.8, 4) is 0 Å². The monoisotopic (exact) mass is 343 g/mol. The lowest BCUT2D eigenvalue weighted by Crippen LogP contribution is -2.51. The molecule has 0 saturated carbocycles. The van der Waals surface area contributed by atoms with Gasteiger partial charge in [0.1, 0.15) is 5.69 Å². The van der Waals surface area contributed by atoms with Gasteiger partial charge in [-0.1, -0.05) is 0 Å². The minimum absolute atomic E-state index is 0.0186. The molecule has 1 aromatic carbocycles. The molecule has 1 fully saturated rings. The van der Waals surface area contributed by atoms with Crippen molar-refractivity contribution < 1.29 is 13.3 Å². The molecular weight excluding hydrogens is 322 g/mol. The highest BCUT2D eigenvalue weighted by atomic mass is 32.2. The number of hydrogen-bond donors (Lipinski definition) is 1. The van der Waals surface area contributed by atoms with E-state index in [1.807, 2.05) is 4.90 Å². The van der Waals surface area contributed by atoms with Gasteiger partial charge >= 0.3 is 0 Å². The second kappa shape index (κ2) is 6.69. The van der Waals surface area contributed by atoms with E-state index in [-0.39, 0.29) is 5.69 Å². The highest BCUT2D eigenvalue weighted by Crippen LogP contribution is 2.29. The second-order valence-corrected chi connectivity index (χ2v) is 7.53. The van der Waals surface area contributed by atoms with Gasteiger partial charge in [-0.2, -0.15) is 17.0 Å². The highest BCUT2D eigenvalue weighted by Gasteiger charge is 2.29. The average molecular weight is 343 g/mol. The molecule has 1 saturated heterocycles. The second-order valence-electron chi connectivity index (χ2n) is 5.38. The van der Waals surface area contributed by atoms with Crippen molar-refractivity contribution in [2.24, 2.45) is 0 Å². The van der Waals surface area contributed by atoms with Gasteiger partial charge in [0.15, 0.2) is 0 Å². The molecule has 0 spiro atoms. The third kappa shape index (κ3) is 3.54. The summed E-state index contributed by atoms with van der Waals surface area (Å²) >= 11 is 0. The quantitative estimate of drug-likeness (QED) is 0.620. The molecule has 0 aromatic heterocycles. The van der Waals surface area contributed by atoms with E-state index in [2.05, 4.69) is 5.32 Å². The van der Waals surface area contributed by atoms with Crippen molar-refractivity contribution in [2.75, 3.05) is 57.5 Å². The molecule has 10 heteroatoms. The van der Waals surface area contributed by atoms with Gasteiger partial charge in [0, 0.05) is 59.1 Å². The third-order valence-electron chi connectivity index (χ3n) is 3.84. The Bertz CT molecular complexity index is 684. The van der Waals surface area contributed by atoms with Gasteiger partial charge in [-0.3, -0.25) is 10.1 Å². The van der Waals surface area contributed by atoms with Gasteiger partial charge in [0.25, 0.3) is 15.9 Å². The van der Waals surface area contributed by atoms with Crippen molar-refractivity contribution in [1.29, 1.82) is 0 Å². The van der Waals surface area contributed by atoms with Crippen LogP contribution in [-0.2, 0) is 10.2 Å². The molecule has 0 unspecified atom stereocenters. The zero-order chi connectivity index (χ0) is 17.2. The number of nitrogens with zero attached hydrogens (tertiary/aromatic N) is 4. The first kappa shape index (κ1) is 17.4. The minimum Gasteiger partial charge on any atom is -0.383 e. The average Bonchev–Trinajstić information content (AvgIpc) is 2.54. The van der Waals surface area contributed by atoms with Gasteiger partial charge < -0.3 is 10.2 Å². The van der Waals surface area contributed by atoms with Crippen LogP contribution < -0.4 is 10.2 Å². The van der Waals surface area contributed by atoms with Crippen molar-refractivity contribution in [1.82, 2.24) is 8.61 Å². The predicted octanol–water partition coefficient (Wildman–Crippen LogP) is 0.565. The molecule has 128 valence electrons. The molecule has 0 atom stereocenters. The Morgan fingerprint density at radius 2 is 1.83 bits per heavy atom. The fraction of sp³-hybridized carbons (Fsp3) is 0.538. The van der Waals surface area contributed by atoms with Crippen LogP contribution in [0.25, 0.3) is 0 Å². The van der Waals surface area contributed by atoms with Crippen LogP contribution in [0.5, 0.6) is 0 Å². The van der Waals surface area contributed by atoms with Gasteiger partial charge in [0.05, 0.1) is 4.92 Å². The summed E-state index contributed by atoms with van der Waals surface area (Å²) in [4.78, 5) is 12.5. The summed E-state index contributed by atoms with van der Waals surface area (Å²) in [6, 6.07) is 4.87. The Balaban J connectivity index is 2.13. The van der Waals surface area contributed by atoms with E-state index in [1.165, 1.54) is 28.8 Å². The first-order valence-electron chi connectivity index (χ1n) is 7.16. The molecule has 0 radical (unpaired) electrons. The maximum atomic E-state index is 12.1. The fourth-order valence-electron chi connectivity index (χ4n) is 2.49. The van der Waals surface area contributed by atoms with E-state index < -0.39 is 15.1 Å². The molecule has 1 aliphatic rings. The molecule has 2 rings (SSSR count). The van der Waals surface area contributed by atoms with E-state index in [1.54, 1.807) is 19.2 Å². The largest absolute Gasteiger partial charge is 0.383 e. The van der Waals surface area contributed by atoms with Crippen LogP contribution in [0.1, 0.15) is 0 Å². The summed E-state index contributed by atoms with van der Waals surface area (Å²) in [5, 5.41) is 13.8. The standard InChI is InChI=1S/C13H21N5O4S/c1-14-12-10-11(4-5-13(12)18(19)20)16-6-8-17(9-7-16)23(21,22)15(2)3/h4-5,10,14H,6-9H2,1-3H3. The number of nitro groups is 1. The Kier molecular flexibility index (Phi) is 5.07. The molecule has 1 heterocycles. The van der Waals surface area contributed by atoms with E-state index in [0.29, 0.717) is 31.9 Å². The molecule has 0 bridgehead atoms. The number of nitro benzene ring substituents is 1. The van der Waals surface area contributed by atoms with Gasteiger partial charge in [-0.05, 0) is 12.1 Å². The van der Waals surface area contributed by atoms with E-state index in [9.17, 15) is 18.5 Å². The fourth-order valence-corrected chi connectivity index (χ4v) is 3.57. The van der Waals surface area contributed by atoms with Crippen LogP contribution >= 0.6 is 0 Å². The van der Waals surface area contributed by atoms with Gasteiger partial charge in [-0.15, -0.1) is 0 Å². The number of piperazine rings is 1. The number of anilines is 2. The molecular formula is C13H21N5O4S. The summed E-state index contributed by atoms with van der Waals surface area (Å²) < 4.78 is 26.8. The Morgan fingerprint density at radius 3 is 2.30 bits per heavy atom. The molecule has 1 N–H and O–H groups in total. The van der Waals surface area contributed by atoms with Crippen LogP contribution in [0.3, 0.4) is 0 Å². The van der Waals surface area contributed by atoms with Crippen molar-refractivity contribution in [2.45, 2.75) is 0 Å². The van der Waals surface area contributed by atoms with E-state index in [4.69, 9.17) is 0 Å². The summed E-state index contributed by atoms with van der Waals surface area (Å²) in [7, 11) is 1.26. The summed E-state index contributed by atoms with van der Waals surface area (Å²) in [5.41, 5.74) is 1.29. The zero-order valence-electron chi connectivity index (χ0n) is 13.4. The van der Waals surface area contributed by atoms with Crippen LogP contribution in [-0.4, -0.2) is 69.3 Å². The topological polar surface area (TPSA) is 99.0 Å². The summed E-state index contributed by atoms with van der Waals surface area (Å²) in [6.07, 6.45) is 0. The highest BCUT2D eigenvalue weighted by molar-refractivity contribution is 7.86. The maximum Gasteiger partial charge on any atom is 0.292 e. The predicted molar refractivity (Wildman–Crippen MR) is 89.0 cm³/mol. The minimum atomic E-state index is -3.40. The van der Waals surface area contributed by atoms with Crippen LogP contribution in [0.15, 0.2) is 18.2 Å². The SMILES string of the molecule is CNc1cc(N2CCN(S(=O)(=O)N(C)C)CC2)ccc1[N+](=O)[O-]. The van der Waals surface area contributed by atoms with Crippen LogP contribution in [0.2, 0.25) is 0 Å². The first-order valence-corrected chi connectivity index (χ1v) is 8.56. The van der Waals surface area contributed by atoms with Crippen LogP contribution in [0, 0.1) is 10.1 Å². The Morgan fingerprint density at radius 1 is 1.22 bits per heavy atom. The van der Waals surface area contributed by atoms with Crippen molar-refractivity contribution >= 4 is 27.3 Å². The first-order chi connectivity index (χ1) is 10.8. The van der Waals surface area contributed by atoms with Gasteiger partial charge in [-0.25, -0.2) is 0 Å². The molecule has 0 amide bonds. The lowest BCUT2D eigenvalue weighted by Gasteiger charge is -2.36. The third-order valence-corrected chi connectivity index (χ3v) is 5.78. The molecule has 9 nitrogen and oxygen atoms in total. The zero-order valence-corrected chi connectivity index (χ0v) is 14.2. The number of nitrogens with one attached hydrogen (secondary N) is 1. The lowest BCUT2D eigenvalue weighted by molar-refractivity contribution is -0.383. The number of rotatable bonds is 5. The van der Waals surface area contributed by atoms with E-state index in [0.717, 1.165) is 5.69 Å². The number of hydrogen-bond acceptors (Lipinski definition) is 6.